The molecule has 0 unspecified atom stereocenters. The number of nitrogen functional groups attached to an aromatic ring is 1. The van der Waals surface area contributed by atoms with Gasteiger partial charge in [0.05, 0.1) is 11.4 Å². The molecule has 7 heteroatoms. The number of sulfonamides is 1. The standard InChI is InChI=1S/C12H12BrN3O2S/c1-8-2-3-11(14)12(4-8)16-19(17,18)10-5-9(13)6-15-7-10/h2-7,16H,14H2,1H3. The minimum absolute atomic E-state index is 0.0720. The van der Waals surface area contributed by atoms with Crippen LogP contribution in [-0.4, -0.2) is 13.4 Å². The quantitative estimate of drug-likeness (QED) is 0.840. The molecule has 2 aromatic rings. The van der Waals surface area contributed by atoms with E-state index in [0.717, 1.165) is 5.56 Å². The van der Waals surface area contributed by atoms with Gasteiger partial charge in [0.1, 0.15) is 4.90 Å². The number of rotatable bonds is 3. The van der Waals surface area contributed by atoms with E-state index in [1.807, 2.05) is 13.0 Å². The average Bonchev–Trinajstić information content (AvgIpc) is 2.33. The van der Waals surface area contributed by atoms with Crippen LogP contribution in [0.25, 0.3) is 0 Å². The summed E-state index contributed by atoms with van der Waals surface area (Å²) in [5.41, 5.74) is 7.40. The van der Waals surface area contributed by atoms with Gasteiger partial charge < -0.3 is 5.73 Å². The molecule has 2 rings (SSSR count). The lowest BCUT2D eigenvalue weighted by Gasteiger charge is -2.11. The fourth-order valence-corrected chi connectivity index (χ4v) is 3.08. The Morgan fingerprint density at radius 1 is 1.26 bits per heavy atom. The molecular formula is C12H12BrN3O2S. The van der Waals surface area contributed by atoms with Crippen molar-refractivity contribution in [2.75, 3.05) is 10.5 Å². The Labute approximate surface area is 120 Å². The van der Waals surface area contributed by atoms with Crippen molar-refractivity contribution >= 4 is 37.3 Å². The minimum atomic E-state index is -3.70. The van der Waals surface area contributed by atoms with E-state index in [9.17, 15) is 8.42 Å². The highest BCUT2D eigenvalue weighted by molar-refractivity contribution is 9.10. The van der Waals surface area contributed by atoms with Gasteiger partial charge in [0.15, 0.2) is 0 Å². The Hall–Kier alpha value is -1.60. The van der Waals surface area contributed by atoms with Gasteiger partial charge in [-0.15, -0.1) is 0 Å². The zero-order valence-corrected chi connectivity index (χ0v) is 12.5. The second-order valence-corrected chi connectivity index (χ2v) is 6.63. The van der Waals surface area contributed by atoms with Gasteiger partial charge in [0.2, 0.25) is 0 Å². The Morgan fingerprint density at radius 2 is 2.00 bits per heavy atom. The third kappa shape index (κ3) is 3.24. The Kier molecular flexibility index (Phi) is 3.77. The van der Waals surface area contributed by atoms with E-state index in [1.165, 1.54) is 18.5 Å². The van der Waals surface area contributed by atoms with E-state index in [2.05, 4.69) is 25.6 Å². The lowest BCUT2D eigenvalue weighted by atomic mass is 10.2. The highest BCUT2D eigenvalue weighted by atomic mass is 79.9. The van der Waals surface area contributed by atoms with Crippen molar-refractivity contribution < 1.29 is 8.42 Å². The van der Waals surface area contributed by atoms with Crippen molar-refractivity contribution in [3.8, 4) is 0 Å². The summed E-state index contributed by atoms with van der Waals surface area (Å²) >= 11 is 3.19. The minimum Gasteiger partial charge on any atom is -0.397 e. The molecule has 0 radical (unpaired) electrons. The highest BCUT2D eigenvalue weighted by Crippen LogP contribution is 2.24. The molecule has 19 heavy (non-hydrogen) atoms. The van der Waals surface area contributed by atoms with Gasteiger partial charge in [-0.2, -0.15) is 0 Å². The van der Waals surface area contributed by atoms with E-state index in [-0.39, 0.29) is 4.90 Å². The SMILES string of the molecule is Cc1ccc(N)c(NS(=O)(=O)c2cncc(Br)c2)c1. The summed E-state index contributed by atoms with van der Waals surface area (Å²) in [5, 5.41) is 0. The first-order valence-corrected chi connectivity index (χ1v) is 7.65. The van der Waals surface area contributed by atoms with Gasteiger partial charge in [-0.25, -0.2) is 8.42 Å². The molecule has 1 heterocycles. The number of nitrogens with two attached hydrogens (primary N) is 1. The number of nitrogens with zero attached hydrogens (tertiary/aromatic N) is 1. The molecule has 0 fully saturated rings. The van der Waals surface area contributed by atoms with Crippen LogP contribution < -0.4 is 10.5 Å². The van der Waals surface area contributed by atoms with E-state index < -0.39 is 10.0 Å². The maximum Gasteiger partial charge on any atom is 0.263 e. The number of anilines is 2. The molecule has 0 atom stereocenters. The third-order valence-electron chi connectivity index (χ3n) is 2.44. The highest BCUT2D eigenvalue weighted by Gasteiger charge is 2.16. The number of hydrogen-bond donors (Lipinski definition) is 2. The zero-order valence-electron chi connectivity index (χ0n) is 10.1. The molecular weight excluding hydrogens is 330 g/mol. The smallest absolute Gasteiger partial charge is 0.263 e. The number of aryl methyl sites for hydroxylation is 1. The number of aromatic nitrogens is 1. The van der Waals surface area contributed by atoms with Crippen LogP contribution in [0.3, 0.4) is 0 Å². The van der Waals surface area contributed by atoms with E-state index >= 15 is 0 Å². The summed E-state index contributed by atoms with van der Waals surface area (Å²) in [4.78, 5) is 3.91. The average molecular weight is 342 g/mol. The van der Waals surface area contributed by atoms with Crippen molar-refractivity contribution in [3.05, 3.63) is 46.7 Å². The van der Waals surface area contributed by atoms with Crippen molar-refractivity contribution in [3.63, 3.8) is 0 Å². The maximum atomic E-state index is 12.2. The Morgan fingerprint density at radius 3 is 2.68 bits per heavy atom. The third-order valence-corrected chi connectivity index (χ3v) is 4.21. The van der Waals surface area contributed by atoms with Crippen molar-refractivity contribution in [2.24, 2.45) is 0 Å². The van der Waals surface area contributed by atoms with E-state index in [4.69, 9.17) is 5.73 Å². The first-order valence-electron chi connectivity index (χ1n) is 5.38. The monoisotopic (exact) mass is 341 g/mol. The molecule has 0 spiro atoms. The topological polar surface area (TPSA) is 85.1 Å². The van der Waals surface area contributed by atoms with Crippen LogP contribution in [0.5, 0.6) is 0 Å². The number of nitrogens with one attached hydrogen (secondary N) is 1. The van der Waals surface area contributed by atoms with E-state index in [0.29, 0.717) is 15.8 Å². The van der Waals surface area contributed by atoms with Crippen LogP contribution in [0.15, 0.2) is 46.0 Å². The van der Waals surface area contributed by atoms with Crippen molar-refractivity contribution in [2.45, 2.75) is 11.8 Å². The molecule has 100 valence electrons. The fourth-order valence-electron chi connectivity index (χ4n) is 1.50. The summed E-state index contributed by atoms with van der Waals surface area (Å²) in [7, 11) is -3.70. The van der Waals surface area contributed by atoms with Gasteiger partial charge in [-0.3, -0.25) is 9.71 Å². The molecule has 0 saturated heterocycles. The van der Waals surface area contributed by atoms with Crippen LogP contribution in [0.1, 0.15) is 5.56 Å². The van der Waals surface area contributed by atoms with Gasteiger partial charge in [-0.1, -0.05) is 6.07 Å². The van der Waals surface area contributed by atoms with Gasteiger partial charge in [-0.05, 0) is 46.6 Å². The van der Waals surface area contributed by atoms with Gasteiger partial charge in [0, 0.05) is 16.9 Å². The van der Waals surface area contributed by atoms with Gasteiger partial charge in [0.25, 0.3) is 10.0 Å². The Bertz CT molecular complexity index is 717. The molecule has 0 aliphatic rings. The number of pyridine rings is 1. The normalized spacial score (nSPS) is 11.3. The predicted molar refractivity (Wildman–Crippen MR) is 78.3 cm³/mol. The molecule has 0 bridgehead atoms. The fraction of sp³-hybridized carbons (Fsp3) is 0.0833. The van der Waals surface area contributed by atoms with Crippen LogP contribution in [0.4, 0.5) is 11.4 Å². The molecule has 3 N–H and O–H groups in total. The second kappa shape index (κ2) is 5.18. The molecule has 0 aliphatic carbocycles. The van der Waals surface area contributed by atoms with E-state index in [1.54, 1.807) is 12.1 Å². The van der Waals surface area contributed by atoms with Crippen LogP contribution >= 0.6 is 15.9 Å². The zero-order chi connectivity index (χ0) is 14.0. The van der Waals surface area contributed by atoms with Gasteiger partial charge >= 0.3 is 0 Å². The van der Waals surface area contributed by atoms with Crippen LogP contribution in [-0.2, 0) is 10.0 Å². The summed E-state index contributed by atoms with van der Waals surface area (Å²) in [6, 6.07) is 6.62. The first kappa shape index (κ1) is 13.8. The lowest BCUT2D eigenvalue weighted by Crippen LogP contribution is -2.14. The largest absolute Gasteiger partial charge is 0.397 e. The summed E-state index contributed by atoms with van der Waals surface area (Å²) in [5.74, 6) is 0. The number of benzene rings is 1. The number of halogens is 1. The molecule has 0 saturated carbocycles. The first-order chi connectivity index (χ1) is 8.88. The van der Waals surface area contributed by atoms with Crippen molar-refractivity contribution in [1.82, 2.24) is 4.98 Å². The molecule has 5 nitrogen and oxygen atoms in total. The molecule has 1 aromatic carbocycles. The summed E-state index contributed by atoms with van der Waals surface area (Å²) in [6.45, 7) is 1.86. The number of hydrogen-bond acceptors (Lipinski definition) is 4. The van der Waals surface area contributed by atoms with Crippen LogP contribution in [0, 0.1) is 6.92 Å². The molecule has 1 aromatic heterocycles. The lowest BCUT2D eigenvalue weighted by molar-refractivity contribution is 0.600. The predicted octanol–water partition coefficient (Wildman–Crippen LogP) is 2.54. The molecule has 0 amide bonds. The second-order valence-electron chi connectivity index (χ2n) is 4.04. The Balaban J connectivity index is 2.39. The molecule has 0 aliphatic heterocycles. The summed E-state index contributed by atoms with van der Waals surface area (Å²) < 4.78 is 27.4. The van der Waals surface area contributed by atoms with Crippen LogP contribution in [0.2, 0.25) is 0 Å². The maximum absolute atomic E-state index is 12.2. The summed E-state index contributed by atoms with van der Waals surface area (Å²) in [6.07, 6.45) is 2.79. The van der Waals surface area contributed by atoms with Crippen molar-refractivity contribution in [1.29, 1.82) is 0 Å².